The Kier molecular flexibility index (Phi) is 5.32. The van der Waals surface area contributed by atoms with Crippen LogP contribution in [-0.2, 0) is 11.8 Å². The van der Waals surface area contributed by atoms with Crippen LogP contribution in [0.25, 0.3) is 22.4 Å². The smallest absolute Gasteiger partial charge is 0.182 e. The third kappa shape index (κ3) is 4.07. The van der Waals surface area contributed by atoms with Gasteiger partial charge in [0.15, 0.2) is 5.65 Å². The number of aryl methyl sites for hydroxylation is 3. The summed E-state index contributed by atoms with van der Waals surface area (Å²) in [7, 11) is 1.96. The van der Waals surface area contributed by atoms with E-state index in [0.717, 1.165) is 29.6 Å². The highest BCUT2D eigenvalue weighted by atomic mass is 19.1. The molecular weight excluding hydrogens is 450 g/mol. The highest BCUT2D eigenvalue weighted by Crippen LogP contribution is 2.42. The van der Waals surface area contributed by atoms with Gasteiger partial charge in [-0.1, -0.05) is 0 Å². The lowest BCUT2D eigenvalue weighted by atomic mass is 9.92. The fraction of sp³-hybridized carbons (Fsp3) is 0.423. The van der Waals surface area contributed by atoms with E-state index in [9.17, 15) is 8.78 Å². The first-order valence-corrected chi connectivity index (χ1v) is 12.0. The summed E-state index contributed by atoms with van der Waals surface area (Å²) < 4.78 is 36.5. The largest absolute Gasteiger partial charge is 0.372 e. The van der Waals surface area contributed by atoms with Gasteiger partial charge in [0.05, 0.1) is 28.9 Å². The number of aromatic nitrogens is 6. The maximum Gasteiger partial charge on any atom is 0.182 e. The van der Waals surface area contributed by atoms with Crippen LogP contribution in [0.1, 0.15) is 72.2 Å². The van der Waals surface area contributed by atoms with Crippen molar-refractivity contribution in [2.45, 2.75) is 57.5 Å². The molecule has 1 aliphatic carbocycles. The normalized spacial score (nSPS) is 20.5. The lowest BCUT2D eigenvalue weighted by Gasteiger charge is -2.29. The maximum atomic E-state index is 14.8. The Hall–Kier alpha value is -3.33. The van der Waals surface area contributed by atoms with E-state index in [2.05, 4.69) is 21.1 Å². The van der Waals surface area contributed by atoms with E-state index in [-0.39, 0.29) is 17.6 Å². The summed E-state index contributed by atoms with van der Waals surface area (Å²) in [5.41, 5.74) is 4.98. The van der Waals surface area contributed by atoms with Gasteiger partial charge in [-0.25, -0.2) is 28.7 Å². The minimum absolute atomic E-state index is 0.0110. The van der Waals surface area contributed by atoms with Crippen molar-refractivity contribution >= 4 is 11.2 Å². The minimum Gasteiger partial charge on any atom is -0.372 e. The fourth-order valence-corrected chi connectivity index (χ4v) is 4.80. The summed E-state index contributed by atoms with van der Waals surface area (Å²) in [4.78, 5) is 18.8. The molecule has 35 heavy (non-hydrogen) atoms. The Morgan fingerprint density at radius 2 is 1.74 bits per heavy atom. The number of halogens is 2. The highest BCUT2D eigenvalue weighted by molar-refractivity contribution is 5.87. The first-order valence-electron chi connectivity index (χ1n) is 12.0. The first-order chi connectivity index (χ1) is 16.9. The molecule has 1 aliphatic heterocycles. The number of ether oxygens (including phenoxy) is 1. The third-order valence-corrected chi connectivity index (χ3v) is 7.06. The first kappa shape index (κ1) is 22.2. The summed E-state index contributed by atoms with van der Waals surface area (Å²) in [6.07, 6.45) is 3.67. The molecule has 2 aliphatic rings. The van der Waals surface area contributed by atoms with Gasteiger partial charge in [0.2, 0.25) is 0 Å². The zero-order valence-electron chi connectivity index (χ0n) is 19.9. The average molecular weight is 477 g/mol. The van der Waals surface area contributed by atoms with Gasteiger partial charge in [0.1, 0.15) is 28.7 Å². The van der Waals surface area contributed by atoms with Gasteiger partial charge in [-0.05, 0) is 57.7 Å². The van der Waals surface area contributed by atoms with Crippen molar-refractivity contribution < 1.29 is 13.5 Å². The zero-order valence-corrected chi connectivity index (χ0v) is 19.9. The summed E-state index contributed by atoms with van der Waals surface area (Å²) in [5.74, 6) is -0.202. The van der Waals surface area contributed by atoms with E-state index in [1.165, 1.54) is 25.0 Å². The number of nitrogens with zero attached hydrogens (tertiary/aromatic N) is 6. The molecule has 180 valence electrons. The van der Waals surface area contributed by atoms with E-state index in [0.29, 0.717) is 47.3 Å². The SMILES string of the molecule is Cc1nc2nc(C3CCOC(c4cc(C5CC5)nn4C)C3)nc(-c3ccc(F)cc3F)c2nc1C. The van der Waals surface area contributed by atoms with Gasteiger partial charge in [-0.3, -0.25) is 4.68 Å². The molecule has 4 aromatic rings. The third-order valence-electron chi connectivity index (χ3n) is 7.06. The van der Waals surface area contributed by atoms with Crippen LogP contribution in [0.5, 0.6) is 0 Å². The Morgan fingerprint density at radius 3 is 2.51 bits per heavy atom. The number of hydrogen-bond acceptors (Lipinski definition) is 6. The molecule has 0 bridgehead atoms. The van der Waals surface area contributed by atoms with Crippen LogP contribution in [0.4, 0.5) is 8.78 Å². The fourth-order valence-electron chi connectivity index (χ4n) is 4.80. The summed E-state index contributed by atoms with van der Waals surface area (Å²) in [6, 6.07) is 5.64. The monoisotopic (exact) mass is 476 g/mol. The van der Waals surface area contributed by atoms with Crippen LogP contribution >= 0.6 is 0 Å². The molecule has 0 radical (unpaired) electrons. The molecule has 2 unspecified atom stereocenters. The summed E-state index contributed by atoms with van der Waals surface area (Å²) >= 11 is 0. The number of benzene rings is 1. The summed E-state index contributed by atoms with van der Waals surface area (Å²) in [5, 5.41) is 4.69. The lowest BCUT2D eigenvalue weighted by molar-refractivity contribution is -0.000640. The zero-order chi connectivity index (χ0) is 24.3. The molecule has 6 rings (SSSR count). The molecule has 3 aromatic heterocycles. The summed E-state index contributed by atoms with van der Waals surface area (Å²) in [6.45, 7) is 4.26. The van der Waals surface area contributed by atoms with Gasteiger partial charge in [0, 0.05) is 37.1 Å². The van der Waals surface area contributed by atoms with Gasteiger partial charge < -0.3 is 4.74 Å². The quantitative estimate of drug-likeness (QED) is 0.401. The molecular formula is C26H26F2N6O. The van der Waals surface area contributed by atoms with Crippen LogP contribution in [0, 0.1) is 25.5 Å². The second-order valence-electron chi connectivity index (χ2n) is 9.59. The van der Waals surface area contributed by atoms with Crippen LogP contribution in [0.3, 0.4) is 0 Å². The molecule has 4 heterocycles. The van der Waals surface area contributed by atoms with Crippen LogP contribution in [0.15, 0.2) is 24.3 Å². The van der Waals surface area contributed by atoms with E-state index >= 15 is 0 Å². The average Bonchev–Trinajstić information content (AvgIpc) is 3.61. The van der Waals surface area contributed by atoms with Crippen LogP contribution in [-0.4, -0.2) is 36.3 Å². The van der Waals surface area contributed by atoms with E-state index in [1.54, 1.807) is 0 Å². The lowest BCUT2D eigenvalue weighted by Crippen LogP contribution is -2.22. The van der Waals surface area contributed by atoms with Gasteiger partial charge in [-0.2, -0.15) is 5.10 Å². The Labute approximate surface area is 201 Å². The van der Waals surface area contributed by atoms with E-state index < -0.39 is 11.6 Å². The standard InChI is InChI=1S/C26H26F2N6O/c1-13-14(2)30-26-24(29-13)23(18-7-6-17(27)11-19(18)28)31-25(32-26)16-8-9-35-22(10-16)21-12-20(15-4-5-15)33-34(21)3/h6-7,11-12,15-16,22H,4-5,8-10H2,1-3H3. The van der Waals surface area contributed by atoms with Crippen LogP contribution < -0.4 is 0 Å². The second-order valence-corrected chi connectivity index (χ2v) is 9.59. The van der Waals surface area contributed by atoms with Crippen LogP contribution in [0.2, 0.25) is 0 Å². The predicted octanol–water partition coefficient (Wildman–Crippen LogP) is 5.23. The molecule has 1 saturated heterocycles. The molecule has 2 atom stereocenters. The predicted molar refractivity (Wildman–Crippen MR) is 126 cm³/mol. The Balaban J connectivity index is 1.42. The Bertz CT molecular complexity index is 1450. The highest BCUT2D eigenvalue weighted by Gasteiger charge is 2.33. The van der Waals surface area contributed by atoms with Crippen molar-refractivity contribution in [1.82, 2.24) is 29.7 Å². The van der Waals surface area contributed by atoms with Crippen molar-refractivity contribution in [3.8, 4) is 11.3 Å². The topological polar surface area (TPSA) is 78.6 Å². The molecule has 9 heteroatoms. The number of hydrogen-bond donors (Lipinski definition) is 0. The molecule has 1 saturated carbocycles. The van der Waals surface area contributed by atoms with Gasteiger partial charge in [-0.15, -0.1) is 0 Å². The maximum absolute atomic E-state index is 14.8. The molecule has 7 nitrogen and oxygen atoms in total. The van der Waals surface area contributed by atoms with Crippen molar-refractivity contribution in [2.24, 2.45) is 7.05 Å². The van der Waals surface area contributed by atoms with Crippen molar-refractivity contribution in [1.29, 1.82) is 0 Å². The molecule has 0 spiro atoms. The minimum atomic E-state index is -0.691. The van der Waals surface area contributed by atoms with Crippen molar-refractivity contribution in [2.75, 3.05) is 6.61 Å². The number of rotatable bonds is 4. The molecule has 0 amide bonds. The molecule has 2 fully saturated rings. The van der Waals surface area contributed by atoms with Gasteiger partial charge >= 0.3 is 0 Å². The second kappa shape index (κ2) is 8.41. The number of fused-ring (bicyclic) bond motifs is 1. The Morgan fingerprint density at radius 1 is 0.943 bits per heavy atom. The molecule has 0 N–H and O–H groups in total. The van der Waals surface area contributed by atoms with E-state index in [4.69, 9.17) is 14.7 Å². The van der Waals surface area contributed by atoms with Crippen molar-refractivity contribution in [3.63, 3.8) is 0 Å². The van der Waals surface area contributed by atoms with E-state index in [1.807, 2.05) is 25.6 Å². The van der Waals surface area contributed by atoms with Crippen molar-refractivity contribution in [3.05, 3.63) is 64.5 Å². The van der Waals surface area contributed by atoms with Gasteiger partial charge in [0.25, 0.3) is 0 Å². The molecule has 1 aromatic carbocycles.